The molecular weight excluding hydrogens is 312 g/mol. The number of para-hydroxylation sites is 1. The van der Waals surface area contributed by atoms with Gasteiger partial charge >= 0.3 is 0 Å². The molecular formula is C17H16N2OS2. The normalized spacial score (nSPS) is 12.3. The van der Waals surface area contributed by atoms with Gasteiger partial charge in [0.15, 0.2) is 5.13 Å². The van der Waals surface area contributed by atoms with Gasteiger partial charge in [-0.25, -0.2) is 4.98 Å². The minimum absolute atomic E-state index is 0.0235. The molecule has 0 saturated carbocycles. The van der Waals surface area contributed by atoms with E-state index in [1.807, 2.05) is 43.3 Å². The Bertz CT molecular complexity index is 763. The van der Waals surface area contributed by atoms with Crippen LogP contribution in [0.3, 0.4) is 0 Å². The molecule has 1 heterocycles. The molecule has 112 valence electrons. The van der Waals surface area contributed by atoms with Crippen molar-refractivity contribution in [3.8, 4) is 0 Å². The molecule has 3 rings (SSSR count). The van der Waals surface area contributed by atoms with E-state index in [0.29, 0.717) is 5.13 Å². The van der Waals surface area contributed by atoms with Gasteiger partial charge in [0.05, 0.1) is 15.5 Å². The lowest BCUT2D eigenvalue weighted by molar-refractivity contribution is -0.115. The minimum atomic E-state index is -0.172. The lowest BCUT2D eigenvalue weighted by atomic mass is 10.2. The van der Waals surface area contributed by atoms with Crippen LogP contribution in [-0.4, -0.2) is 16.1 Å². The minimum Gasteiger partial charge on any atom is -0.301 e. The molecule has 0 saturated heterocycles. The number of nitrogens with one attached hydrogen (secondary N) is 1. The number of carbonyl (C=O) groups excluding carboxylic acids is 1. The highest BCUT2D eigenvalue weighted by atomic mass is 32.2. The van der Waals surface area contributed by atoms with Gasteiger partial charge in [0, 0.05) is 4.90 Å². The van der Waals surface area contributed by atoms with E-state index >= 15 is 0 Å². The standard InChI is InChI=1S/C17H16N2OS2/c1-11-7-9-13(10-8-11)21-12(2)16(20)19-17-18-14-5-3-4-6-15(14)22-17/h3-10,12H,1-2H3,(H,18,19,20). The summed E-state index contributed by atoms with van der Waals surface area (Å²) in [4.78, 5) is 17.8. The third kappa shape index (κ3) is 3.48. The molecule has 1 aromatic heterocycles. The van der Waals surface area contributed by atoms with Crippen LogP contribution in [0.2, 0.25) is 0 Å². The molecule has 22 heavy (non-hydrogen) atoms. The van der Waals surface area contributed by atoms with Crippen LogP contribution >= 0.6 is 23.1 Å². The molecule has 1 atom stereocenters. The number of nitrogens with zero attached hydrogens (tertiary/aromatic N) is 1. The predicted molar refractivity (Wildman–Crippen MR) is 94.7 cm³/mol. The van der Waals surface area contributed by atoms with Gasteiger partial charge < -0.3 is 5.32 Å². The summed E-state index contributed by atoms with van der Waals surface area (Å²) in [5.74, 6) is -0.0235. The number of rotatable bonds is 4. The fourth-order valence-electron chi connectivity index (χ4n) is 2.01. The smallest absolute Gasteiger partial charge is 0.239 e. The quantitative estimate of drug-likeness (QED) is 0.704. The Kier molecular flexibility index (Phi) is 4.45. The number of hydrogen-bond donors (Lipinski definition) is 1. The Labute approximate surface area is 137 Å². The monoisotopic (exact) mass is 328 g/mol. The molecule has 1 amide bonds. The summed E-state index contributed by atoms with van der Waals surface area (Å²) in [6.45, 7) is 3.96. The van der Waals surface area contributed by atoms with Crippen molar-refractivity contribution in [2.75, 3.05) is 5.32 Å². The van der Waals surface area contributed by atoms with E-state index in [2.05, 4.69) is 29.4 Å². The molecule has 0 aliphatic heterocycles. The summed E-state index contributed by atoms with van der Waals surface area (Å²) in [6, 6.07) is 16.1. The first-order valence-corrected chi connectivity index (χ1v) is 8.71. The lowest BCUT2D eigenvalue weighted by Crippen LogP contribution is -2.22. The fourth-order valence-corrected chi connectivity index (χ4v) is 3.74. The van der Waals surface area contributed by atoms with Crippen molar-refractivity contribution >= 4 is 44.4 Å². The van der Waals surface area contributed by atoms with E-state index in [-0.39, 0.29) is 11.2 Å². The predicted octanol–water partition coefficient (Wildman–Crippen LogP) is 4.72. The number of hydrogen-bond acceptors (Lipinski definition) is 4. The number of thiazole rings is 1. The first kappa shape index (κ1) is 15.1. The van der Waals surface area contributed by atoms with Gasteiger partial charge in [0.2, 0.25) is 5.91 Å². The third-order valence-electron chi connectivity index (χ3n) is 3.23. The number of amides is 1. The van der Waals surface area contributed by atoms with Crippen molar-refractivity contribution in [3.63, 3.8) is 0 Å². The van der Waals surface area contributed by atoms with Gasteiger partial charge in [0.1, 0.15) is 0 Å². The molecule has 2 aromatic carbocycles. The summed E-state index contributed by atoms with van der Waals surface area (Å²) in [6.07, 6.45) is 0. The second-order valence-corrected chi connectivity index (χ2v) is 7.49. The second-order valence-electron chi connectivity index (χ2n) is 5.05. The molecule has 0 spiro atoms. The second kappa shape index (κ2) is 6.50. The van der Waals surface area contributed by atoms with Crippen LogP contribution in [0.15, 0.2) is 53.4 Å². The highest BCUT2D eigenvalue weighted by molar-refractivity contribution is 8.00. The van der Waals surface area contributed by atoms with Crippen LogP contribution in [0.1, 0.15) is 12.5 Å². The van der Waals surface area contributed by atoms with Gasteiger partial charge in [0.25, 0.3) is 0 Å². The highest BCUT2D eigenvalue weighted by Gasteiger charge is 2.16. The van der Waals surface area contributed by atoms with Crippen molar-refractivity contribution in [1.82, 2.24) is 4.98 Å². The number of aromatic nitrogens is 1. The number of benzene rings is 2. The maximum absolute atomic E-state index is 12.3. The van der Waals surface area contributed by atoms with Gasteiger partial charge in [-0.2, -0.15) is 0 Å². The Morgan fingerprint density at radius 2 is 1.91 bits per heavy atom. The van der Waals surface area contributed by atoms with E-state index in [9.17, 15) is 4.79 Å². The SMILES string of the molecule is Cc1ccc(SC(C)C(=O)Nc2nc3ccccc3s2)cc1. The van der Waals surface area contributed by atoms with Gasteiger partial charge in [-0.1, -0.05) is 41.2 Å². The molecule has 1 N–H and O–H groups in total. The molecule has 0 aliphatic carbocycles. The number of thioether (sulfide) groups is 1. The molecule has 0 radical (unpaired) electrons. The zero-order valence-electron chi connectivity index (χ0n) is 12.4. The molecule has 3 nitrogen and oxygen atoms in total. The maximum Gasteiger partial charge on any atom is 0.239 e. The summed E-state index contributed by atoms with van der Waals surface area (Å²) in [5.41, 5.74) is 2.14. The largest absolute Gasteiger partial charge is 0.301 e. The number of aryl methyl sites for hydroxylation is 1. The summed E-state index contributed by atoms with van der Waals surface area (Å²) in [5, 5.41) is 3.39. The zero-order chi connectivity index (χ0) is 15.5. The molecule has 1 unspecified atom stereocenters. The van der Waals surface area contributed by atoms with Crippen LogP contribution in [0, 0.1) is 6.92 Å². The van der Waals surface area contributed by atoms with Crippen molar-refractivity contribution < 1.29 is 4.79 Å². The van der Waals surface area contributed by atoms with Crippen LogP contribution in [0.25, 0.3) is 10.2 Å². The first-order chi connectivity index (χ1) is 10.6. The van der Waals surface area contributed by atoms with Crippen LogP contribution < -0.4 is 5.32 Å². The van der Waals surface area contributed by atoms with E-state index in [1.54, 1.807) is 11.8 Å². The van der Waals surface area contributed by atoms with Crippen LogP contribution in [0.5, 0.6) is 0 Å². The molecule has 5 heteroatoms. The Balaban J connectivity index is 1.66. The molecule has 0 fully saturated rings. The Hall–Kier alpha value is -1.85. The molecule has 0 aliphatic rings. The van der Waals surface area contributed by atoms with Crippen molar-refractivity contribution in [1.29, 1.82) is 0 Å². The number of carbonyl (C=O) groups is 1. The third-order valence-corrected chi connectivity index (χ3v) is 5.29. The van der Waals surface area contributed by atoms with Crippen LogP contribution in [0.4, 0.5) is 5.13 Å². The van der Waals surface area contributed by atoms with E-state index in [1.165, 1.54) is 16.9 Å². The molecule has 0 bridgehead atoms. The fraction of sp³-hybridized carbons (Fsp3) is 0.176. The average molecular weight is 328 g/mol. The maximum atomic E-state index is 12.3. The zero-order valence-corrected chi connectivity index (χ0v) is 14.0. The van der Waals surface area contributed by atoms with Crippen molar-refractivity contribution in [2.45, 2.75) is 24.0 Å². The highest BCUT2D eigenvalue weighted by Crippen LogP contribution is 2.28. The van der Waals surface area contributed by atoms with Gasteiger partial charge in [-0.05, 0) is 38.1 Å². The average Bonchev–Trinajstić information content (AvgIpc) is 2.91. The Morgan fingerprint density at radius 3 is 2.64 bits per heavy atom. The van der Waals surface area contributed by atoms with Gasteiger partial charge in [-0.15, -0.1) is 11.8 Å². The summed E-state index contributed by atoms with van der Waals surface area (Å²) in [7, 11) is 0. The lowest BCUT2D eigenvalue weighted by Gasteiger charge is -2.10. The summed E-state index contributed by atoms with van der Waals surface area (Å²) >= 11 is 3.05. The van der Waals surface area contributed by atoms with E-state index in [0.717, 1.165) is 15.1 Å². The van der Waals surface area contributed by atoms with E-state index in [4.69, 9.17) is 0 Å². The van der Waals surface area contributed by atoms with Crippen LogP contribution in [-0.2, 0) is 4.79 Å². The Morgan fingerprint density at radius 1 is 1.18 bits per heavy atom. The van der Waals surface area contributed by atoms with Gasteiger partial charge in [-0.3, -0.25) is 4.79 Å². The summed E-state index contributed by atoms with van der Waals surface area (Å²) < 4.78 is 1.08. The van der Waals surface area contributed by atoms with E-state index < -0.39 is 0 Å². The van der Waals surface area contributed by atoms with Crippen molar-refractivity contribution in [2.24, 2.45) is 0 Å². The van der Waals surface area contributed by atoms with Crippen molar-refractivity contribution in [3.05, 3.63) is 54.1 Å². The number of anilines is 1. The molecule has 3 aromatic rings. The first-order valence-electron chi connectivity index (χ1n) is 7.01. The topological polar surface area (TPSA) is 42.0 Å². The number of fused-ring (bicyclic) bond motifs is 1.